The van der Waals surface area contributed by atoms with Crippen LogP contribution in [0.4, 0.5) is 5.69 Å². The zero-order valence-corrected chi connectivity index (χ0v) is 10.8. The van der Waals surface area contributed by atoms with Crippen LogP contribution in [-0.4, -0.2) is 24.0 Å². The summed E-state index contributed by atoms with van der Waals surface area (Å²) < 4.78 is 0. The van der Waals surface area contributed by atoms with Crippen molar-refractivity contribution < 1.29 is 4.79 Å². The van der Waals surface area contributed by atoms with Crippen LogP contribution in [0.3, 0.4) is 0 Å². The predicted molar refractivity (Wildman–Crippen MR) is 72.6 cm³/mol. The van der Waals surface area contributed by atoms with Crippen molar-refractivity contribution in [3.63, 3.8) is 0 Å². The first-order valence-electron chi connectivity index (χ1n) is 6.89. The van der Waals surface area contributed by atoms with Crippen LogP contribution in [0.25, 0.3) is 0 Å². The van der Waals surface area contributed by atoms with E-state index in [1.807, 2.05) is 25.1 Å². The average molecular weight is 244 g/mol. The molecule has 18 heavy (non-hydrogen) atoms. The molecule has 96 valence electrons. The van der Waals surface area contributed by atoms with Gasteiger partial charge in [-0.25, -0.2) is 0 Å². The molecule has 1 amide bonds. The summed E-state index contributed by atoms with van der Waals surface area (Å²) in [6.45, 7) is 2.02. The topological polar surface area (TPSA) is 32.3 Å². The fourth-order valence-electron chi connectivity index (χ4n) is 2.38. The maximum Gasteiger partial charge on any atom is 0.242 e. The van der Waals surface area contributed by atoms with E-state index < -0.39 is 0 Å². The van der Waals surface area contributed by atoms with Gasteiger partial charge in [-0.3, -0.25) is 4.79 Å². The second kappa shape index (κ2) is 4.63. The van der Waals surface area contributed by atoms with Crippen molar-refractivity contribution in [2.45, 2.75) is 50.7 Å². The lowest BCUT2D eigenvalue weighted by Crippen LogP contribution is -2.47. The van der Waals surface area contributed by atoms with Gasteiger partial charge in [-0.2, -0.15) is 0 Å². The molecule has 1 aromatic rings. The summed E-state index contributed by atoms with van der Waals surface area (Å²) in [6, 6.07) is 11.2. The van der Waals surface area contributed by atoms with Gasteiger partial charge >= 0.3 is 0 Å². The monoisotopic (exact) mass is 244 g/mol. The number of hydrogen-bond donors (Lipinski definition) is 1. The Morgan fingerprint density at radius 3 is 2.44 bits per heavy atom. The molecule has 0 bridgehead atoms. The number of carbonyl (C=O) groups excluding carboxylic acids is 1. The van der Waals surface area contributed by atoms with Gasteiger partial charge in [0.05, 0.1) is 0 Å². The Kier molecular flexibility index (Phi) is 2.98. The fourth-order valence-corrected chi connectivity index (χ4v) is 2.38. The van der Waals surface area contributed by atoms with Crippen LogP contribution in [0.2, 0.25) is 0 Å². The number of rotatable bonds is 5. The molecule has 0 radical (unpaired) electrons. The zero-order chi connectivity index (χ0) is 12.5. The quantitative estimate of drug-likeness (QED) is 0.862. The largest absolute Gasteiger partial charge is 0.357 e. The Labute approximate surface area is 108 Å². The summed E-state index contributed by atoms with van der Waals surface area (Å²) in [5, 5.41) is 3.11. The van der Waals surface area contributed by atoms with Gasteiger partial charge in [-0.15, -0.1) is 0 Å². The Balaban J connectivity index is 1.74. The van der Waals surface area contributed by atoms with Crippen molar-refractivity contribution in [3.8, 4) is 0 Å². The molecule has 0 saturated heterocycles. The molecule has 2 aliphatic rings. The first-order valence-corrected chi connectivity index (χ1v) is 6.89. The minimum atomic E-state index is -0.0690. The van der Waals surface area contributed by atoms with Crippen molar-refractivity contribution in [2.24, 2.45) is 0 Å². The lowest BCUT2D eigenvalue weighted by Gasteiger charge is -2.30. The van der Waals surface area contributed by atoms with E-state index in [1.54, 1.807) is 0 Å². The summed E-state index contributed by atoms with van der Waals surface area (Å²) in [6.07, 6.45) is 4.70. The van der Waals surface area contributed by atoms with E-state index in [4.69, 9.17) is 0 Å². The number of hydrogen-bond acceptors (Lipinski definition) is 2. The third-order valence-corrected chi connectivity index (χ3v) is 3.72. The van der Waals surface area contributed by atoms with E-state index in [-0.39, 0.29) is 11.9 Å². The predicted octanol–water partition coefficient (Wildman–Crippen LogP) is 2.32. The maximum absolute atomic E-state index is 12.2. The highest BCUT2D eigenvalue weighted by molar-refractivity contribution is 5.85. The van der Waals surface area contributed by atoms with Crippen molar-refractivity contribution in [3.05, 3.63) is 30.3 Å². The number of amides is 1. The summed E-state index contributed by atoms with van der Waals surface area (Å²) in [7, 11) is 0. The lowest BCUT2D eigenvalue weighted by atomic mass is 10.2. The molecule has 0 aliphatic heterocycles. The molecule has 1 N–H and O–H groups in total. The van der Waals surface area contributed by atoms with E-state index in [9.17, 15) is 4.79 Å². The second-order valence-corrected chi connectivity index (χ2v) is 5.43. The second-order valence-electron chi connectivity index (χ2n) is 5.43. The van der Waals surface area contributed by atoms with Gasteiger partial charge in [0.25, 0.3) is 0 Å². The molecule has 1 aromatic carbocycles. The summed E-state index contributed by atoms with van der Waals surface area (Å²) >= 11 is 0. The van der Waals surface area contributed by atoms with Crippen molar-refractivity contribution in [2.75, 3.05) is 4.90 Å². The van der Waals surface area contributed by atoms with Gasteiger partial charge in [0.1, 0.15) is 6.04 Å². The molecule has 2 fully saturated rings. The summed E-state index contributed by atoms with van der Waals surface area (Å²) in [5.74, 6) is 0.174. The third-order valence-electron chi connectivity index (χ3n) is 3.72. The van der Waals surface area contributed by atoms with Crippen LogP contribution in [-0.2, 0) is 4.79 Å². The van der Waals surface area contributed by atoms with Gasteiger partial charge in [-0.1, -0.05) is 18.2 Å². The Hall–Kier alpha value is -1.51. The highest BCUT2D eigenvalue weighted by Gasteiger charge is 2.36. The van der Waals surface area contributed by atoms with E-state index in [0.29, 0.717) is 12.1 Å². The minimum Gasteiger partial charge on any atom is -0.357 e. The van der Waals surface area contributed by atoms with Crippen molar-refractivity contribution in [1.82, 2.24) is 5.32 Å². The van der Waals surface area contributed by atoms with Gasteiger partial charge in [0, 0.05) is 17.8 Å². The minimum absolute atomic E-state index is 0.0690. The molecule has 3 heteroatoms. The number of anilines is 1. The van der Waals surface area contributed by atoms with E-state index in [0.717, 1.165) is 12.8 Å². The van der Waals surface area contributed by atoms with E-state index in [2.05, 4.69) is 22.3 Å². The Bertz CT molecular complexity index is 423. The van der Waals surface area contributed by atoms with Gasteiger partial charge < -0.3 is 10.2 Å². The van der Waals surface area contributed by atoms with E-state index >= 15 is 0 Å². The average Bonchev–Trinajstić information content (AvgIpc) is 3.24. The highest BCUT2D eigenvalue weighted by atomic mass is 16.2. The third kappa shape index (κ3) is 2.50. The standard InChI is InChI=1S/C15H20N2O/c1-11(15(18)16-12-7-8-12)17(14-9-10-14)13-5-3-2-4-6-13/h2-6,11-12,14H,7-10H2,1H3,(H,16,18). The normalized spacial score (nSPS) is 20.3. The lowest BCUT2D eigenvalue weighted by molar-refractivity contribution is -0.122. The number of para-hydroxylation sites is 1. The molecule has 3 rings (SSSR count). The van der Waals surface area contributed by atoms with Crippen LogP contribution in [0.5, 0.6) is 0 Å². The molecule has 2 aliphatic carbocycles. The molecule has 0 spiro atoms. The Morgan fingerprint density at radius 2 is 1.89 bits per heavy atom. The number of benzene rings is 1. The molecular formula is C15H20N2O. The SMILES string of the molecule is CC(C(=O)NC1CC1)N(c1ccccc1)C1CC1. The molecule has 2 saturated carbocycles. The summed E-state index contributed by atoms with van der Waals surface area (Å²) in [4.78, 5) is 14.5. The molecule has 3 nitrogen and oxygen atoms in total. The van der Waals surface area contributed by atoms with Crippen molar-refractivity contribution in [1.29, 1.82) is 0 Å². The molecule has 1 unspecified atom stereocenters. The van der Waals surface area contributed by atoms with Gasteiger partial charge in [0.15, 0.2) is 0 Å². The molecule has 0 aromatic heterocycles. The number of nitrogens with zero attached hydrogens (tertiary/aromatic N) is 1. The van der Waals surface area contributed by atoms with Crippen LogP contribution in [0.15, 0.2) is 30.3 Å². The van der Waals surface area contributed by atoms with Crippen LogP contribution in [0, 0.1) is 0 Å². The number of nitrogens with one attached hydrogen (secondary N) is 1. The first kappa shape index (κ1) is 11.6. The molecule has 1 atom stereocenters. The molecular weight excluding hydrogens is 224 g/mol. The zero-order valence-electron chi connectivity index (χ0n) is 10.8. The maximum atomic E-state index is 12.2. The van der Waals surface area contributed by atoms with Crippen LogP contribution in [0.1, 0.15) is 32.6 Å². The number of carbonyl (C=O) groups is 1. The fraction of sp³-hybridized carbons (Fsp3) is 0.533. The van der Waals surface area contributed by atoms with Crippen molar-refractivity contribution >= 4 is 11.6 Å². The van der Waals surface area contributed by atoms with Gasteiger partial charge in [0.2, 0.25) is 5.91 Å². The first-order chi connectivity index (χ1) is 8.75. The Morgan fingerprint density at radius 1 is 1.22 bits per heavy atom. The smallest absolute Gasteiger partial charge is 0.242 e. The van der Waals surface area contributed by atoms with Crippen LogP contribution < -0.4 is 10.2 Å². The highest BCUT2D eigenvalue weighted by Crippen LogP contribution is 2.33. The molecule has 0 heterocycles. The van der Waals surface area contributed by atoms with E-state index in [1.165, 1.54) is 18.5 Å². The summed E-state index contributed by atoms with van der Waals surface area (Å²) in [5.41, 5.74) is 1.17. The van der Waals surface area contributed by atoms with Gasteiger partial charge in [-0.05, 0) is 44.7 Å². The van der Waals surface area contributed by atoms with Crippen LogP contribution >= 0.6 is 0 Å².